The fourth-order valence-corrected chi connectivity index (χ4v) is 2.28. The summed E-state index contributed by atoms with van der Waals surface area (Å²) in [5.41, 5.74) is 0.800. The van der Waals surface area contributed by atoms with Crippen molar-refractivity contribution in [1.29, 1.82) is 0 Å². The van der Waals surface area contributed by atoms with Crippen molar-refractivity contribution >= 4 is 6.29 Å². The van der Waals surface area contributed by atoms with Gasteiger partial charge in [0.25, 0.3) is 0 Å². The molecule has 1 aromatic heterocycles. The molecule has 0 radical (unpaired) electrons. The fourth-order valence-electron chi connectivity index (χ4n) is 2.28. The Kier molecular flexibility index (Phi) is 4.79. The predicted octanol–water partition coefficient (Wildman–Crippen LogP) is 5.06. The van der Waals surface area contributed by atoms with Gasteiger partial charge in [-0.3, -0.25) is 4.79 Å². The molecule has 7 heteroatoms. The number of aryl methyl sites for hydroxylation is 1. The quantitative estimate of drug-likeness (QED) is 0.596. The molecule has 3 rings (SSSR count). The topological polar surface area (TPSA) is 52.3 Å². The Hall–Kier alpha value is -3.09. The Bertz CT molecular complexity index is 897. The number of aromatic nitrogens is 1. The molecule has 26 heavy (non-hydrogen) atoms. The molecule has 0 aliphatic heterocycles. The average Bonchev–Trinajstić information content (AvgIpc) is 3.00. The van der Waals surface area contributed by atoms with Crippen molar-refractivity contribution < 1.29 is 27.1 Å². The maximum absolute atomic E-state index is 12.6. The number of alkyl halides is 3. The van der Waals surface area contributed by atoms with E-state index in [1.165, 1.54) is 12.1 Å². The first-order valence-corrected chi connectivity index (χ1v) is 7.69. The van der Waals surface area contributed by atoms with Crippen LogP contribution in [0.2, 0.25) is 0 Å². The standard InChI is InChI=1S/C19H14F3NO3/c1-12-17(11-25-16-8-2-13(10-24)3-9-16)23-18(26-12)14-4-6-15(7-5-14)19(20,21)22/h2-10H,11H2,1H3. The molecule has 0 fully saturated rings. The van der Waals surface area contributed by atoms with Gasteiger partial charge in [-0.05, 0) is 55.5 Å². The van der Waals surface area contributed by atoms with E-state index >= 15 is 0 Å². The number of halogens is 3. The van der Waals surface area contributed by atoms with E-state index in [-0.39, 0.29) is 12.5 Å². The summed E-state index contributed by atoms with van der Waals surface area (Å²) >= 11 is 0. The average molecular weight is 361 g/mol. The van der Waals surface area contributed by atoms with Gasteiger partial charge < -0.3 is 9.15 Å². The molecule has 3 aromatic rings. The van der Waals surface area contributed by atoms with Crippen LogP contribution in [0.25, 0.3) is 11.5 Å². The molecular weight excluding hydrogens is 347 g/mol. The van der Waals surface area contributed by atoms with Crippen LogP contribution in [0.3, 0.4) is 0 Å². The third kappa shape index (κ3) is 3.93. The van der Waals surface area contributed by atoms with Gasteiger partial charge in [-0.1, -0.05) is 0 Å². The van der Waals surface area contributed by atoms with Crippen LogP contribution < -0.4 is 4.74 Å². The second-order valence-corrected chi connectivity index (χ2v) is 5.57. The van der Waals surface area contributed by atoms with E-state index in [0.29, 0.717) is 28.3 Å². The Morgan fingerprint density at radius 3 is 2.31 bits per heavy atom. The van der Waals surface area contributed by atoms with Crippen molar-refractivity contribution in [2.24, 2.45) is 0 Å². The number of rotatable bonds is 5. The number of oxazole rings is 1. The van der Waals surface area contributed by atoms with E-state index < -0.39 is 11.7 Å². The third-order valence-corrected chi connectivity index (χ3v) is 3.74. The van der Waals surface area contributed by atoms with Crippen molar-refractivity contribution in [3.63, 3.8) is 0 Å². The molecule has 0 saturated carbocycles. The minimum Gasteiger partial charge on any atom is -0.487 e. The highest BCUT2D eigenvalue weighted by molar-refractivity contribution is 5.74. The molecule has 0 saturated heterocycles. The highest BCUT2D eigenvalue weighted by Crippen LogP contribution is 2.31. The first-order valence-electron chi connectivity index (χ1n) is 7.69. The lowest BCUT2D eigenvalue weighted by atomic mass is 10.1. The first kappa shape index (κ1) is 17.7. The summed E-state index contributed by atoms with van der Waals surface area (Å²) in [6, 6.07) is 11.2. The number of ether oxygens (including phenoxy) is 1. The molecule has 0 aliphatic carbocycles. The maximum Gasteiger partial charge on any atom is 0.416 e. The van der Waals surface area contributed by atoms with Crippen LogP contribution in [0.4, 0.5) is 13.2 Å². The number of carbonyl (C=O) groups is 1. The van der Waals surface area contributed by atoms with E-state index in [9.17, 15) is 18.0 Å². The number of carbonyl (C=O) groups excluding carboxylic acids is 1. The Balaban J connectivity index is 1.73. The van der Waals surface area contributed by atoms with E-state index in [2.05, 4.69) is 4.98 Å². The molecule has 4 nitrogen and oxygen atoms in total. The smallest absolute Gasteiger partial charge is 0.416 e. The second kappa shape index (κ2) is 7.03. The van der Waals surface area contributed by atoms with Crippen LogP contribution in [-0.2, 0) is 12.8 Å². The van der Waals surface area contributed by atoms with Crippen molar-refractivity contribution in [1.82, 2.24) is 4.98 Å². The van der Waals surface area contributed by atoms with Crippen LogP contribution >= 0.6 is 0 Å². The molecule has 0 N–H and O–H groups in total. The van der Waals surface area contributed by atoms with Gasteiger partial charge in [-0.2, -0.15) is 13.2 Å². The summed E-state index contributed by atoms with van der Waals surface area (Å²) in [7, 11) is 0. The van der Waals surface area contributed by atoms with Crippen molar-refractivity contribution in [2.45, 2.75) is 19.7 Å². The van der Waals surface area contributed by atoms with Crippen LogP contribution in [0, 0.1) is 6.92 Å². The normalized spacial score (nSPS) is 11.4. The number of hydrogen-bond donors (Lipinski definition) is 0. The fraction of sp³-hybridized carbons (Fsp3) is 0.158. The van der Waals surface area contributed by atoms with Crippen LogP contribution in [0.5, 0.6) is 5.75 Å². The van der Waals surface area contributed by atoms with Crippen LogP contribution in [0.15, 0.2) is 52.9 Å². The predicted molar refractivity (Wildman–Crippen MR) is 87.8 cm³/mol. The summed E-state index contributed by atoms with van der Waals surface area (Å²) in [5.74, 6) is 1.31. The van der Waals surface area contributed by atoms with Gasteiger partial charge in [0.15, 0.2) is 0 Å². The number of aldehydes is 1. The molecule has 0 atom stereocenters. The molecule has 0 unspecified atom stereocenters. The third-order valence-electron chi connectivity index (χ3n) is 3.74. The van der Waals surface area contributed by atoms with Gasteiger partial charge in [0.05, 0.1) is 5.56 Å². The summed E-state index contributed by atoms with van der Waals surface area (Å²) in [6.07, 6.45) is -3.65. The summed E-state index contributed by atoms with van der Waals surface area (Å²) in [4.78, 5) is 14.9. The van der Waals surface area contributed by atoms with E-state index in [0.717, 1.165) is 18.4 Å². The van der Waals surface area contributed by atoms with Gasteiger partial charge in [0.1, 0.15) is 30.1 Å². The monoisotopic (exact) mass is 361 g/mol. The molecule has 0 aliphatic rings. The Labute approximate surface area is 147 Å². The van der Waals surface area contributed by atoms with E-state index in [1.54, 1.807) is 31.2 Å². The number of hydrogen-bond acceptors (Lipinski definition) is 4. The Morgan fingerprint density at radius 2 is 1.73 bits per heavy atom. The zero-order valence-electron chi connectivity index (χ0n) is 13.7. The van der Waals surface area contributed by atoms with E-state index in [4.69, 9.17) is 9.15 Å². The zero-order valence-corrected chi connectivity index (χ0v) is 13.7. The lowest BCUT2D eigenvalue weighted by molar-refractivity contribution is -0.137. The van der Waals surface area contributed by atoms with Gasteiger partial charge in [0, 0.05) is 11.1 Å². The largest absolute Gasteiger partial charge is 0.487 e. The van der Waals surface area contributed by atoms with Crippen molar-refractivity contribution in [3.8, 4) is 17.2 Å². The van der Waals surface area contributed by atoms with Gasteiger partial charge in [-0.25, -0.2) is 4.98 Å². The van der Waals surface area contributed by atoms with Gasteiger partial charge in [0.2, 0.25) is 5.89 Å². The summed E-state index contributed by atoms with van der Waals surface area (Å²) in [6.45, 7) is 1.84. The second-order valence-electron chi connectivity index (χ2n) is 5.57. The number of nitrogens with zero attached hydrogens (tertiary/aromatic N) is 1. The minimum atomic E-state index is -4.39. The first-order chi connectivity index (χ1) is 12.4. The lowest BCUT2D eigenvalue weighted by Gasteiger charge is -2.06. The van der Waals surface area contributed by atoms with Crippen molar-refractivity contribution in [2.75, 3.05) is 0 Å². The highest BCUT2D eigenvalue weighted by Gasteiger charge is 2.30. The molecule has 0 amide bonds. The lowest BCUT2D eigenvalue weighted by Crippen LogP contribution is -2.04. The maximum atomic E-state index is 12.6. The highest BCUT2D eigenvalue weighted by atomic mass is 19.4. The SMILES string of the molecule is Cc1oc(-c2ccc(C(F)(F)F)cc2)nc1COc1ccc(C=O)cc1. The summed E-state index contributed by atoms with van der Waals surface area (Å²) < 4.78 is 49.0. The number of benzene rings is 2. The van der Waals surface area contributed by atoms with Gasteiger partial charge >= 0.3 is 6.18 Å². The Morgan fingerprint density at radius 1 is 1.08 bits per heavy atom. The molecule has 0 bridgehead atoms. The van der Waals surface area contributed by atoms with Crippen molar-refractivity contribution in [3.05, 3.63) is 71.1 Å². The molecule has 1 heterocycles. The van der Waals surface area contributed by atoms with Crippen LogP contribution in [-0.4, -0.2) is 11.3 Å². The molecule has 134 valence electrons. The summed E-state index contributed by atoms with van der Waals surface area (Å²) in [5, 5.41) is 0. The van der Waals surface area contributed by atoms with E-state index in [1.807, 2.05) is 0 Å². The zero-order chi connectivity index (χ0) is 18.7. The van der Waals surface area contributed by atoms with Gasteiger partial charge in [-0.15, -0.1) is 0 Å². The molecule has 0 spiro atoms. The van der Waals surface area contributed by atoms with Crippen LogP contribution in [0.1, 0.15) is 27.4 Å². The molecule has 2 aromatic carbocycles. The molecular formula is C19H14F3NO3. The minimum absolute atomic E-state index is 0.135.